The smallest absolute Gasteiger partial charge is 0.355 e. The number of aryl methyl sites for hydroxylation is 3. The molecular weight excluding hydrogens is 300 g/mol. The van der Waals surface area contributed by atoms with E-state index in [1.165, 1.54) is 0 Å². The summed E-state index contributed by atoms with van der Waals surface area (Å²) in [6, 6.07) is 6.07. The number of halogens is 1. The monoisotopic (exact) mass is 320 g/mol. The van der Waals surface area contributed by atoms with E-state index in [9.17, 15) is 9.90 Å². The lowest BCUT2D eigenvalue weighted by molar-refractivity contribution is 0.0685. The van der Waals surface area contributed by atoms with Gasteiger partial charge in [-0.2, -0.15) is 0 Å². The first-order chi connectivity index (χ1) is 10.5. The Morgan fingerprint density at radius 3 is 2.50 bits per heavy atom. The summed E-state index contributed by atoms with van der Waals surface area (Å²) in [5.74, 6) is -0.293. The fourth-order valence-corrected chi connectivity index (χ4v) is 2.90. The zero-order valence-electron chi connectivity index (χ0n) is 13.2. The number of hydrogen-bond acceptors (Lipinski definition) is 2. The van der Waals surface area contributed by atoms with Gasteiger partial charge >= 0.3 is 5.97 Å². The van der Waals surface area contributed by atoms with E-state index in [4.69, 9.17) is 11.6 Å². The van der Waals surface area contributed by atoms with Crippen LogP contribution in [-0.2, 0) is 13.0 Å². The molecule has 0 unspecified atom stereocenters. The molecule has 1 aromatic carbocycles. The minimum atomic E-state index is -1.04. The molecule has 2 rings (SSSR count). The van der Waals surface area contributed by atoms with Gasteiger partial charge in [-0.15, -0.1) is 0 Å². The Hall–Kier alpha value is -1.81. The summed E-state index contributed by atoms with van der Waals surface area (Å²) in [7, 11) is 0. The number of unbranched alkanes of at least 4 members (excludes halogenated alkanes) is 1. The van der Waals surface area contributed by atoms with E-state index < -0.39 is 5.97 Å². The van der Waals surface area contributed by atoms with Crippen LogP contribution in [0.2, 0.25) is 5.15 Å². The second kappa shape index (κ2) is 6.97. The summed E-state index contributed by atoms with van der Waals surface area (Å²) in [6.45, 7) is 6.65. The summed E-state index contributed by atoms with van der Waals surface area (Å²) in [5.41, 5.74) is 3.48. The van der Waals surface area contributed by atoms with Crippen molar-refractivity contribution >= 4 is 17.6 Å². The lowest BCUT2D eigenvalue weighted by Crippen LogP contribution is -2.14. The van der Waals surface area contributed by atoms with E-state index in [1.807, 2.05) is 32.0 Å². The van der Waals surface area contributed by atoms with Crippen molar-refractivity contribution in [3.05, 3.63) is 51.6 Å². The van der Waals surface area contributed by atoms with Crippen molar-refractivity contribution in [2.24, 2.45) is 0 Å². The molecule has 0 aliphatic carbocycles. The maximum atomic E-state index is 11.5. The van der Waals surface area contributed by atoms with Crippen LogP contribution >= 0.6 is 11.6 Å². The van der Waals surface area contributed by atoms with Gasteiger partial charge in [0, 0.05) is 6.42 Å². The molecule has 0 saturated carbocycles. The Bertz CT molecular complexity index is 672. The molecule has 0 aliphatic rings. The summed E-state index contributed by atoms with van der Waals surface area (Å²) < 4.78 is 1.75. The van der Waals surface area contributed by atoms with Crippen molar-refractivity contribution in [2.75, 3.05) is 0 Å². The van der Waals surface area contributed by atoms with Gasteiger partial charge in [-0.3, -0.25) is 0 Å². The van der Waals surface area contributed by atoms with Crippen LogP contribution in [0.5, 0.6) is 0 Å². The Morgan fingerprint density at radius 1 is 1.32 bits per heavy atom. The van der Waals surface area contributed by atoms with Gasteiger partial charge in [0.25, 0.3) is 0 Å². The predicted molar refractivity (Wildman–Crippen MR) is 87.8 cm³/mol. The molecule has 0 atom stereocenters. The molecule has 1 N–H and O–H groups in total. The van der Waals surface area contributed by atoms with Gasteiger partial charge in [0.15, 0.2) is 10.8 Å². The van der Waals surface area contributed by atoms with Crippen molar-refractivity contribution in [1.82, 2.24) is 9.55 Å². The SMILES string of the molecule is CCCCc1nc(Cl)c(C(=O)O)n1Cc1c(C)cccc1C. The third-order valence-corrected chi connectivity index (χ3v) is 4.18. The molecule has 118 valence electrons. The molecule has 0 fully saturated rings. The van der Waals surface area contributed by atoms with Gasteiger partial charge in [0.05, 0.1) is 6.54 Å². The summed E-state index contributed by atoms with van der Waals surface area (Å²) in [5, 5.41) is 9.53. The highest BCUT2D eigenvalue weighted by Crippen LogP contribution is 2.23. The van der Waals surface area contributed by atoms with Gasteiger partial charge in [-0.05, 0) is 37.0 Å². The first-order valence-electron chi connectivity index (χ1n) is 7.49. The largest absolute Gasteiger partial charge is 0.476 e. The lowest BCUT2D eigenvalue weighted by atomic mass is 10.0. The maximum Gasteiger partial charge on any atom is 0.355 e. The summed E-state index contributed by atoms with van der Waals surface area (Å²) >= 11 is 6.06. The number of carbonyl (C=O) groups is 1. The van der Waals surface area contributed by atoms with Crippen LogP contribution in [0.4, 0.5) is 0 Å². The average molecular weight is 321 g/mol. The summed E-state index contributed by atoms with van der Waals surface area (Å²) in [6.07, 6.45) is 2.71. The van der Waals surface area contributed by atoms with E-state index in [0.29, 0.717) is 6.54 Å². The number of aromatic carboxylic acids is 1. The summed E-state index contributed by atoms with van der Waals surface area (Å²) in [4.78, 5) is 15.8. The van der Waals surface area contributed by atoms with Crippen molar-refractivity contribution in [3.8, 4) is 0 Å². The molecule has 0 amide bonds. The Balaban J connectivity index is 2.50. The van der Waals surface area contributed by atoms with E-state index in [1.54, 1.807) is 4.57 Å². The molecule has 0 spiro atoms. The minimum Gasteiger partial charge on any atom is -0.476 e. The third kappa shape index (κ3) is 3.33. The van der Waals surface area contributed by atoms with Gasteiger partial charge in [-0.1, -0.05) is 43.1 Å². The Kier molecular flexibility index (Phi) is 5.24. The molecule has 22 heavy (non-hydrogen) atoms. The van der Waals surface area contributed by atoms with E-state index in [-0.39, 0.29) is 10.8 Å². The number of rotatable bonds is 6. The molecule has 0 radical (unpaired) electrons. The number of hydrogen-bond donors (Lipinski definition) is 1. The van der Waals surface area contributed by atoms with Crippen molar-refractivity contribution in [2.45, 2.75) is 46.6 Å². The normalized spacial score (nSPS) is 10.9. The molecule has 0 bridgehead atoms. The molecule has 0 aliphatic heterocycles. The standard InChI is InChI=1S/C17H21ClN2O2/c1-4-5-9-14-19-16(18)15(17(21)22)20(14)10-13-11(2)7-6-8-12(13)3/h6-8H,4-5,9-10H2,1-3H3,(H,21,22). The van der Waals surface area contributed by atoms with Crippen LogP contribution in [0.1, 0.15) is 52.8 Å². The van der Waals surface area contributed by atoms with Gasteiger partial charge in [0.2, 0.25) is 0 Å². The number of imidazole rings is 1. The number of aromatic nitrogens is 2. The van der Waals surface area contributed by atoms with E-state index in [2.05, 4.69) is 11.9 Å². The maximum absolute atomic E-state index is 11.5. The van der Waals surface area contributed by atoms with Crippen molar-refractivity contribution < 1.29 is 9.90 Å². The van der Waals surface area contributed by atoms with Crippen LogP contribution in [0.3, 0.4) is 0 Å². The Labute approximate surface area is 135 Å². The van der Waals surface area contributed by atoms with Crippen LogP contribution in [-0.4, -0.2) is 20.6 Å². The number of carboxylic acid groups (broad SMARTS) is 1. The van der Waals surface area contributed by atoms with Crippen molar-refractivity contribution in [3.63, 3.8) is 0 Å². The molecule has 2 aromatic rings. The second-order valence-corrected chi connectivity index (χ2v) is 5.89. The minimum absolute atomic E-state index is 0.0739. The lowest BCUT2D eigenvalue weighted by Gasteiger charge is -2.14. The van der Waals surface area contributed by atoms with Crippen LogP contribution < -0.4 is 0 Å². The van der Waals surface area contributed by atoms with Gasteiger partial charge < -0.3 is 9.67 Å². The Morgan fingerprint density at radius 2 is 1.95 bits per heavy atom. The van der Waals surface area contributed by atoms with Gasteiger partial charge in [-0.25, -0.2) is 9.78 Å². The molecule has 4 nitrogen and oxygen atoms in total. The highest BCUT2D eigenvalue weighted by atomic mass is 35.5. The zero-order valence-corrected chi connectivity index (χ0v) is 13.9. The van der Waals surface area contributed by atoms with E-state index >= 15 is 0 Å². The van der Waals surface area contributed by atoms with Crippen LogP contribution in [0.25, 0.3) is 0 Å². The molecule has 5 heteroatoms. The number of benzene rings is 1. The fourth-order valence-electron chi connectivity index (χ4n) is 2.62. The highest BCUT2D eigenvalue weighted by molar-refractivity contribution is 6.32. The number of nitrogens with zero attached hydrogens (tertiary/aromatic N) is 2. The average Bonchev–Trinajstić information content (AvgIpc) is 2.76. The third-order valence-electron chi connectivity index (χ3n) is 3.92. The van der Waals surface area contributed by atoms with E-state index in [0.717, 1.165) is 41.8 Å². The molecule has 1 heterocycles. The van der Waals surface area contributed by atoms with Crippen LogP contribution in [0, 0.1) is 13.8 Å². The quantitative estimate of drug-likeness (QED) is 0.866. The fraction of sp³-hybridized carbons (Fsp3) is 0.412. The topological polar surface area (TPSA) is 55.1 Å². The zero-order chi connectivity index (χ0) is 16.3. The molecular formula is C17H21ClN2O2. The van der Waals surface area contributed by atoms with Crippen molar-refractivity contribution in [1.29, 1.82) is 0 Å². The highest BCUT2D eigenvalue weighted by Gasteiger charge is 2.22. The predicted octanol–water partition coefficient (Wildman–Crippen LogP) is 4.24. The molecule has 1 aromatic heterocycles. The second-order valence-electron chi connectivity index (χ2n) is 5.53. The number of carboxylic acids is 1. The van der Waals surface area contributed by atoms with Gasteiger partial charge in [0.1, 0.15) is 5.82 Å². The first-order valence-corrected chi connectivity index (χ1v) is 7.86. The van der Waals surface area contributed by atoms with Crippen LogP contribution in [0.15, 0.2) is 18.2 Å². The first kappa shape index (κ1) is 16.6. The molecule has 0 saturated heterocycles.